The molecule has 1 saturated carbocycles. The molecular weight excluding hydrogens is 182 g/mol. The van der Waals surface area contributed by atoms with E-state index in [0.717, 1.165) is 25.7 Å². The highest BCUT2D eigenvalue weighted by Crippen LogP contribution is 2.18. The lowest BCUT2D eigenvalue weighted by Crippen LogP contribution is -2.49. The highest BCUT2D eigenvalue weighted by Gasteiger charge is 2.24. The van der Waals surface area contributed by atoms with Gasteiger partial charge in [-0.2, -0.15) is 0 Å². The number of hydrogen-bond acceptors (Lipinski definition) is 4. The van der Waals surface area contributed by atoms with Crippen molar-refractivity contribution in [3.05, 3.63) is 0 Å². The molecule has 0 aromatic carbocycles. The molecule has 0 spiro atoms. The Balaban J connectivity index is 2.31. The van der Waals surface area contributed by atoms with Gasteiger partial charge in [0.1, 0.15) is 0 Å². The van der Waals surface area contributed by atoms with E-state index in [4.69, 9.17) is 9.84 Å². The van der Waals surface area contributed by atoms with Crippen LogP contribution in [-0.2, 0) is 4.74 Å². The number of rotatable bonds is 5. The fraction of sp³-hybridized carbons (Fsp3) is 1.00. The molecule has 14 heavy (non-hydrogen) atoms. The van der Waals surface area contributed by atoms with E-state index in [2.05, 4.69) is 5.32 Å². The fourth-order valence-electron chi connectivity index (χ4n) is 1.96. The molecule has 0 saturated heterocycles. The van der Waals surface area contributed by atoms with Crippen molar-refractivity contribution < 1.29 is 14.9 Å². The van der Waals surface area contributed by atoms with Gasteiger partial charge in [-0.3, -0.25) is 0 Å². The Labute approximate surface area is 85.3 Å². The van der Waals surface area contributed by atoms with Crippen LogP contribution < -0.4 is 5.32 Å². The summed E-state index contributed by atoms with van der Waals surface area (Å²) in [5.41, 5.74) is 0. The summed E-state index contributed by atoms with van der Waals surface area (Å²) in [6, 6.07) is 0.0637. The average Bonchev–Trinajstić information content (AvgIpc) is 2.20. The number of aliphatic hydroxyl groups excluding tert-OH is 2. The quantitative estimate of drug-likeness (QED) is 0.583. The summed E-state index contributed by atoms with van der Waals surface area (Å²) in [5, 5.41) is 22.0. The molecule has 1 fully saturated rings. The molecule has 4 heteroatoms. The van der Waals surface area contributed by atoms with Crippen molar-refractivity contribution in [2.45, 2.75) is 43.9 Å². The van der Waals surface area contributed by atoms with E-state index in [1.807, 2.05) is 0 Å². The van der Waals surface area contributed by atoms with Gasteiger partial charge < -0.3 is 20.3 Å². The van der Waals surface area contributed by atoms with Gasteiger partial charge in [-0.1, -0.05) is 12.8 Å². The lowest BCUT2D eigenvalue weighted by atomic mass is 9.92. The number of nitrogens with one attached hydrogen (secondary N) is 1. The van der Waals surface area contributed by atoms with Crippen LogP contribution in [0.5, 0.6) is 0 Å². The molecular formula is C10H21NO3. The summed E-state index contributed by atoms with van der Waals surface area (Å²) < 4.78 is 4.97. The van der Waals surface area contributed by atoms with E-state index in [1.54, 1.807) is 7.11 Å². The van der Waals surface area contributed by atoms with E-state index in [1.165, 1.54) is 0 Å². The Kier molecular flexibility index (Phi) is 5.40. The van der Waals surface area contributed by atoms with Crippen molar-refractivity contribution in [1.82, 2.24) is 5.32 Å². The van der Waals surface area contributed by atoms with Gasteiger partial charge >= 0.3 is 0 Å². The summed E-state index contributed by atoms with van der Waals surface area (Å²) in [6.45, 7) is 0.538. The maximum Gasteiger partial charge on any atom is 0.0693 e. The second kappa shape index (κ2) is 6.35. The summed E-state index contributed by atoms with van der Waals surface area (Å²) in [6.07, 6.45) is 3.84. The molecule has 84 valence electrons. The maximum absolute atomic E-state index is 9.70. The molecule has 1 aliphatic carbocycles. The van der Waals surface area contributed by atoms with E-state index in [0.29, 0.717) is 6.61 Å². The highest BCUT2D eigenvalue weighted by atomic mass is 16.5. The third kappa shape index (κ3) is 3.53. The van der Waals surface area contributed by atoms with E-state index >= 15 is 0 Å². The predicted molar refractivity (Wildman–Crippen MR) is 54.1 cm³/mol. The molecule has 1 unspecified atom stereocenters. The summed E-state index contributed by atoms with van der Waals surface area (Å²) in [4.78, 5) is 0. The second-order valence-electron chi connectivity index (χ2n) is 3.96. The topological polar surface area (TPSA) is 61.7 Å². The standard InChI is InChI=1S/C10H21NO3/c1-14-7-8(6-12)11-9-4-2-3-5-10(9)13/h8-13H,2-7H2,1H3/t8?,9-,10-/m0/s1. The van der Waals surface area contributed by atoms with Gasteiger partial charge in [0.05, 0.1) is 25.4 Å². The zero-order chi connectivity index (χ0) is 10.4. The van der Waals surface area contributed by atoms with E-state index < -0.39 is 0 Å². The van der Waals surface area contributed by atoms with Crippen molar-refractivity contribution in [3.8, 4) is 0 Å². The van der Waals surface area contributed by atoms with Crippen LogP contribution >= 0.6 is 0 Å². The summed E-state index contributed by atoms with van der Waals surface area (Å²) in [7, 11) is 1.61. The van der Waals surface area contributed by atoms with Crippen molar-refractivity contribution in [2.75, 3.05) is 20.3 Å². The average molecular weight is 203 g/mol. The minimum absolute atomic E-state index is 0.0526. The summed E-state index contributed by atoms with van der Waals surface area (Å²) in [5.74, 6) is 0. The van der Waals surface area contributed by atoms with Crippen LogP contribution in [0.15, 0.2) is 0 Å². The van der Waals surface area contributed by atoms with Gasteiger partial charge in [-0.15, -0.1) is 0 Å². The van der Waals surface area contributed by atoms with Crippen LogP contribution in [0.1, 0.15) is 25.7 Å². The molecule has 0 aromatic rings. The molecule has 3 N–H and O–H groups in total. The van der Waals surface area contributed by atoms with Gasteiger partial charge in [0.15, 0.2) is 0 Å². The van der Waals surface area contributed by atoms with Crippen molar-refractivity contribution >= 4 is 0 Å². The Bertz CT molecular complexity index is 154. The Morgan fingerprint density at radius 3 is 2.71 bits per heavy atom. The number of ether oxygens (including phenoxy) is 1. The molecule has 4 nitrogen and oxygen atoms in total. The molecule has 0 amide bonds. The van der Waals surface area contributed by atoms with Gasteiger partial charge in [0.25, 0.3) is 0 Å². The van der Waals surface area contributed by atoms with Crippen molar-refractivity contribution in [2.24, 2.45) is 0 Å². The summed E-state index contributed by atoms with van der Waals surface area (Å²) >= 11 is 0. The lowest BCUT2D eigenvalue weighted by Gasteiger charge is -2.31. The first-order chi connectivity index (χ1) is 6.77. The molecule has 3 atom stereocenters. The predicted octanol–water partition coefficient (Wildman–Crippen LogP) is -0.113. The molecule has 0 aliphatic heterocycles. The van der Waals surface area contributed by atoms with Crippen LogP contribution in [0.2, 0.25) is 0 Å². The molecule has 1 aliphatic rings. The SMILES string of the molecule is COCC(CO)N[C@H]1CCCC[C@@H]1O. The van der Waals surface area contributed by atoms with Crippen molar-refractivity contribution in [1.29, 1.82) is 0 Å². The van der Waals surface area contributed by atoms with Gasteiger partial charge in [0.2, 0.25) is 0 Å². The fourth-order valence-corrected chi connectivity index (χ4v) is 1.96. The molecule has 0 aromatic heterocycles. The maximum atomic E-state index is 9.70. The van der Waals surface area contributed by atoms with Crippen LogP contribution in [0, 0.1) is 0 Å². The van der Waals surface area contributed by atoms with Crippen LogP contribution in [-0.4, -0.2) is 48.7 Å². The Morgan fingerprint density at radius 2 is 2.14 bits per heavy atom. The van der Waals surface area contributed by atoms with E-state index in [-0.39, 0.29) is 24.8 Å². The third-order valence-corrected chi connectivity index (χ3v) is 2.77. The zero-order valence-corrected chi connectivity index (χ0v) is 8.78. The zero-order valence-electron chi connectivity index (χ0n) is 8.78. The van der Waals surface area contributed by atoms with Crippen LogP contribution in [0.4, 0.5) is 0 Å². The minimum Gasteiger partial charge on any atom is -0.395 e. The van der Waals surface area contributed by atoms with Crippen LogP contribution in [0.25, 0.3) is 0 Å². The van der Waals surface area contributed by atoms with Gasteiger partial charge in [0, 0.05) is 13.2 Å². The second-order valence-corrected chi connectivity index (χ2v) is 3.96. The normalized spacial score (nSPS) is 30.2. The lowest BCUT2D eigenvalue weighted by molar-refractivity contribution is 0.0611. The number of aliphatic hydroxyl groups is 2. The monoisotopic (exact) mass is 203 g/mol. The van der Waals surface area contributed by atoms with Gasteiger partial charge in [-0.05, 0) is 12.8 Å². The highest BCUT2D eigenvalue weighted by molar-refractivity contribution is 4.83. The molecule has 0 heterocycles. The smallest absolute Gasteiger partial charge is 0.0693 e. The van der Waals surface area contributed by atoms with Crippen molar-refractivity contribution in [3.63, 3.8) is 0 Å². The van der Waals surface area contributed by atoms with Crippen LogP contribution in [0.3, 0.4) is 0 Å². The first-order valence-electron chi connectivity index (χ1n) is 5.32. The minimum atomic E-state index is -0.269. The van der Waals surface area contributed by atoms with Gasteiger partial charge in [-0.25, -0.2) is 0 Å². The number of hydrogen-bond donors (Lipinski definition) is 3. The first-order valence-corrected chi connectivity index (χ1v) is 5.32. The molecule has 1 rings (SSSR count). The third-order valence-electron chi connectivity index (χ3n) is 2.77. The molecule has 0 radical (unpaired) electrons. The largest absolute Gasteiger partial charge is 0.395 e. The Hall–Kier alpha value is -0.160. The van der Waals surface area contributed by atoms with E-state index in [9.17, 15) is 5.11 Å². The number of methoxy groups -OCH3 is 1. The molecule has 0 bridgehead atoms. The Morgan fingerprint density at radius 1 is 1.43 bits per heavy atom. The first kappa shape index (κ1) is 11.9.